The number of carbonyl (C=O) groups is 1. The fourth-order valence-electron chi connectivity index (χ4n) is 3.54. The Morgan fingerprint density at radius 3 is 2.57 bits per heavy atom. The molecule has 14 heavy (non-hydrogen) atoms. The zero-order valence-corrected chi connectivity index (χ0v) is 9.42. The maximum absolute atomic E-state index is 10.9. The predicted octanol–water partition coefficient (Wildman–Crippen LogP) is 3.20. The number of allylic oxidation sites excluding steroid dienone is 2. The molecule has 0 aromatic carbocycles. The molecule has 0 radical (unpaired) electrons. The van der Waals surface area contributed by atoms with Crippen LogP contribution in [0.1, 0.15) is 40.0 Å². The lowest BCUT2D eigenvalue weighted by Crippen LogP contribution is -2.29. The number of ketones is 1. The van der Waals surface area contributed by atoms with E-state index in [0.717, 1.165) is 11.8 Å². The average molecular weight is 192 g/mol. The Kier molecular flexibility index (Phi) is 2.29. The Morgan fingerprint density at radius 2 is 2.07 bits per heavy atom. The normalized spacial score (nSPS) is 39.5. The molecule has 2 fully saturated rings. The monoisotopic (exact) mass is 192 g/mol. The Hall–Kier alpha value is -0.590. The van der Waals surface area contributed by atoms with Crippen LogP contribution in [0.2, 0.25) is 0 Å². The van der Waals surface area contributed by atoms with Gasteiger partial charge in [0.1, 0.15) is 0 Å². The predicted molar refractivity (Wildman–Crippen MR) is 57.9 cm³/mol. The second kappa shape index (κ2) is 3.22. The van der Waals surface area contributed by atoms with Gasteiger partial charge in [0.15, 0.2) is 5.78 Å². The van der Waals surface area contributed by atoms with E-state index in [0.29, 0.717) is 11.3 Å². The van der Waals surface area contributed by atoms with Gasteiger partial charge >= 0.3 is 0 Å². The van der Waals surface area contributed by atoms with Gasteiger partial charge < -0.3 is 0 Å². The molecule has 0 N–H and O–H groups in total. The van der Waals surface area contributed by atoms with Gasteiger partial charge in [0.25, 0.3) is 0 Å². The van der Waals surface area contributed by atoms with Crippen molar-refractivity contribution in [3.8, 4) is 0 Å². The molecule has 1 heteroatoms. The molecule has 0 spiro atoms. The molecule has 0 saturated heterocycles. The lowest BCUT2D eigenvalue weighted by Gasteiger charge is -2.36. The van der Waals surface area contributed by atoms with Gasteiger partial charge in [0.2, 0.25) is 0 Å². The zero-order chi connectivity index (χ0) is 10.3. The Bertz CT molecular complexity index is 275. The third-order valence-corrected chi connectivity index (χ3v) is 4.43. The van der Waals surface area contributed by atoms with Crippen LogP contribution in [0.4, 0.5) is 0 Å². The van der Waals surface area contributed by atoms with E-state index in [1.165, 1.54) is 19.3 Å². The third-order valence-electron chi connectivity index (χ3n) is 4.43. The van der Waals surface area contributed by atoms with E-state index in [9.17, 15) is 4.79 Å². The minimum atomic E-state index is 0.184. The largest absolute Gasteiger partial charge is 0.295 e. The van der Waals surface area contributed by atoms with Crippen molar-refractivity contribution in [2.24, 2.45) is 23.2 Å². The molecule has 3 unspecified atom stereocenters. The van der Waals surface area contributed by atoms with Crippen LogP contribution in [-0.2, 0) is 4.79 Å². The van der Waals surface area contributed by atoms with Crippen molar-refractivity contribution in [1.82, 2.24) is 0 Å². The van der Waals surface area contributed by atoms with Crippen LogP contribution in [0.15, 0.2) is 12.2 Å². The van der Waals surface area contributed by atoms with Gasteiger partial charge in [-0.15, -0.1) is 0 Å². The van der Waals surface area contributed by atoms with Gasteiger partial charge in [0, 0.05) is 0 Å². The lowest BCUT2D eigenvalue weighted by atomic mass is 9.68. The van der Waals surface area contributed by atoms with Crippen molar-refractivity contribution in [3.05, 3.63) is 12.2 Å². The Balaban J connectivity index is 2.15. The molecule has 2 rings (SSSR count). The highest BCUT2D eigenvalue weighted by atomic mass is 16.1. The molecule has 2 aliphatic rings. The summed E-state index contributed by atoms with van der Waals surface area (Å²) >= 11 is 0. The summed E-state index contributed by atoms with van der Waals surface area (Å²) in [6.45, 7) is 6.37. The van der Waals surface area contributed by atoms with Crippen molar-refractivity contribution in [1.29, 1.82) is 0 Å². The van der Waals surface area contributed by atoms with E-state index in [4.69, 9.17) is 0 Å². The van der Waals surface area contributed by atoms with Crippen LogP contribution in [0, 0.1) is 23.2 Å². The zero-order valence-electron chi connectivity index (χ0n) is 9.42. The van der Waals surface area contributed by atoms with Crippen LogP contribution >= 0.6 is 0 Å². The fourth-order valence-corrected chi connectivity index (χ4v) is 3.54. The van der Waals surface area contributed by atoms with Gasteiger partial charge in [0.05, 0.1) is 0 Å². The Labute approximate surface area is 86.6 Å². The van der Waals surface area contributed by atoms with Crippen molar-refractivity contribution in [2.45, 2.75) is 40.0 Å². The summed E-state index contributed by atoms with van der Waals surface area (Å²) in [7, 11) is 0. The summed E-state index contributed by atoms with van der Waals surface area (Å²) in [4.78, 5) is 10.9. The second-order valence-electron chi connectivity index (χ2n) is 5.59. The molecule has 0 aromatic rings. The first kappa shape index (κ1) is 9.95. The van der Waals surface area contributed by atoms with E-state index in [1.807, 2.05) is 0 Å². The van der Waals surface area contributed by atoms with Crippen LogP contribution in [-0.4, -0.2) is 5.78 Å². The molecular weight excluding hydrogens is 172 g/mol. The van der Waals surface area contributed by atoms with Crippen molar-refractivity contribution >= 4 is 5.78 Å². The first-order valence-electron chi connectivity index (χ1n) is 5.70. The summed E-state index contributed by atoms with van der Waals surface area (Å²) in [5.41, 5.74) is 0.425. The van der Waals surface area contributed by atoms with Gasteiger partial charge in [-0.1, -0.05) is 19.9 Å². The van der Waals surface area contributed by atoms with Crippen molar-refractivity contribution < 1.29 is 4.79 Å². The average Bonchev–Trinajstić information content (AvgIpc) is 2.59. The summed E-state index contributed by atoms with van der Waals surface area (Å²) in [5.74, 6) is 2.58. The maximum atomic E-state index is 10.9. The summed E-state index contributed by atoms with van der Waals surface area (Å²) in [6.07, 6.45) is 8.11. The highest BCUT2D eigenvalue weighted by Gasteiger charge is 2.51. The SMILES string of the molecule is CC(=O)C=CC1C2CCC(C2)C1(C)C. The molecule has 1 nitrogen and oxygen atoms in total. The molecule has 0 amide bonds. The number of carbonyl (C=O) groups excluding carboxylic acids is 1. The van der Waals surface area contributed by atoms with Gasteiger partial charge in [-0.05, 0) is 55.4 Å². The van der Waals surface area contributed by atoms with E-state index in [2.05, 4.69) is 19.9 Å². The maximum Gasteiger partial charge on any atom is 0.152 e. The van der Waals surface area contributed by atoms with E-state index < -0.39 is 0 Å². The molecule has 2 saturated carbocycles. The molecule has 0 aromatic heterocycles. The molecule has 78 valence electrons. The van der Waals surface area contributed by atoms with Crippen LogP contribution in [0.3, 0.4) is 0 Å². The molecule has 3 atom stereocenters. The van der Waals surface area contributed by atoms with E-state index in [-0.39, 0.29) is 5.78 Å². The minimum absolute atomic E-state index is 0.184. The summed E-state index contributed by atoms with van der Waals surface area (Å²) < 4.78 is 0. The first-order valence-corrected chi connectivity index (χ1v) is 5.70. The minimum Gasteiger partial charge on any atom is -0.295 e. The molecule has 0 aliphatic heterocycles. The summed E-state index contributed by atoms with van der Waals surface area (Å²) in [6, 6.07) is 0. The van der Waals surface area contributed by atoms with Crippen LogP contribution in [0.25, 0.3) is 0 Å². The number of rotatable bonds is 2. The highest BCUT2D eigenvalue weighted by Crippen LogP contribution is 2.59. The first-order chi connectivity index (χ1) is 6.51. The topological polar surface area (TPSA) is 17.1 Å². The van der Waals surface area contributed by atoms with Gasteiger partial charge in [-0.25, -0.2) is 0 Å². The van der Waals surface area contributed by atoms with E-state index >= 15 is 0 Å². The number of hydrogen-bond acceptors (Lipinski definition) is 1. The number of hydrogen-bond donors (Lipinski definition) is 0. The van der Waals surface area contributed by atoms with Crippen LogP contribution < -0.4 is 0 Å². The van der Waals surface area contributed by atoms with Crippen LogP contribution in [0.5, 0.6) is 0 Å². The van der Waals surface area contributed by atoms with Crippen molar-refractivity contribution in [2.75, 3.05) is 0 Å². The summed E-state index contributed by atoms with van der Waals surface area (Å²) in [5, 5.41) is 0. The lowest BCUT2D eigenvalue weighted by molar-refractivity contribution is -0.112. The number of fused-ring (bicyclic) bond motifs is 2. The highest BCUT2D eigenvalue weighted by molar-refractivity contribution is 5.87. The molecule has 2 bridgehead atoms. The van der Waals surface area contributed by atoms with Gasteiger partial charge in [-0.2, -0.15) is 0 Å². The van der Waals surface area contributed by atoms with Crippen molar-refractivity contribution in [3.63, 3.8) is 0 Å². The second-order valence-corrected chi connectivity index (χ2v) is 5.59. The van der Waals surface area contributed by atoms with E-state index in [1.54, 1.807) is 13.0 Å². The Morgan fingerprint density at radius 1 is 1.36 bits per heavy atom. The standard InChI is InChI=1S/C13H20O/c1-9(14)4-7-12-10-5-6-11(8-10)13(12,2)3/h4,7,10-12H,5-6,8H2,1-3H3. The fraction of sp³-hybridized carbons (Fsp3) is 0.769. The molecular formula is C13H20O. The van der Waals surface area contributed by atoms with Gasteiger partial charge in [-0.3, -0.25) is 4.79 Å². The molecule has 0 heterocycles. The smallest absolute Gasteiger partial charge is 0.152 e. The quantitative estimate of drug-likeness (QED) is 0.614. The molecule has 2 aliphatic carbocycles. The third kappa shape index (κ3) is 1.43.